The molecule has 0 saturated carbocycles. The highest BCUT2D eigenvalue weighted by Gasteiger charge is 2.41. The Morgan fingerprint density at radius 2 is 1.71 bits per heavy atom. The number of carbonyl (C=O) groups excluding carboxylic acids is 3. The van der Waals surface area contributed by atoms with Gasteiger partial charge in [0.1, 0.15) is 0 Å². The summed E-state index contributed by atoms with van der Waals surface area (Å²) in [7, 11) is 0. The van der Waals surface area contributed by atoms with Crippen molar-refractivity contribution >= 4 is 29.3 Å². The van der Waals surface area contributed by atoms with Gasteiger partial charge in [0.2, 0.25) is 5.91 Å². The standard InChI is InChI=1S/C20H25ClF2N2O3/c1-8-11(2)17(10-9-16(14(5)21)20(7,22)23)24(15(6)26)25-18(27)12(3)13(4)19(25)28/h9-11H,5,8H2,1-4,6-7H3/b16-9+,17-10+. The predicted octanol–water partition coefficient (Wildman–Crippen LogP) is 4.72. The van der Waals surface area contributed by atoms with Crippen LogP contribution in [0.4, 0.5) is 8.78 Å². The Morgan fingerprint density at radius 3 is 2.04 bits per heavy atom. The largest absolute Gasteiger partial charge is 0.276 e. The molecule has 1 rings (SSSR count). The smallest absolute Gasteiger partial charge is 0.273 e. The van der Waals surface area contributed by atoms with Gasteiger partial charge in [-0.25, -0.2) is 13.8 Å². The van der Waals surface area contributed by atoms with Gasteiger partial charge in [0, 0.05) is 41.3 Å². The number of hydrazine groups is 1. The van der Waals surface area contributed by atoms with Gasteiger partial charge in [-0.15, -0.1) is 0 Å². The zero-order valence-electron chi connectivity index (χ0n) is 16.9. The van der Waals surface area contributed by atoms with Crippen molar-refractivity contribution in [2.45, 2.75) is 53.9 Å². The Hall–Kier alpha value is -2.28. The quantitative estimate of drug-likeness (QED) is 0.447. The van der Waals surface area contributed by atoms with E-state index in [1.807, 2.05) is 6.92 Å². The molecule has 8 heteroatoms. The number of hydrogen-bond donors (Lipinski definition) is 0. The molecule has 1 atom stereocenters. The molecule has 0 aromatic heterocycles. The van der Waals surface area contributed by atoms with Crippen LogP contribution in [0.1, 0.15) is 48.0 Å². The van der Waals surface area contributed by atoms with Crippen molar-refractivity contribution in [1.29, 1.82) is 0 Å². The van der Waals surface area contributed by atoms with Crippen LogP contribution in [0.25, 0.3) is 0 Å². The summed E-state index contributed by atoms with van der Waals surface area (Å²) >= 11 is 5.70. The number of imide groups is 1. The molecule has 0 aromatic carbocycles. The molecule has 0 saturated heterocycles. The molecular weight excluding hydrogens is 390 g/mol. The highest BCUT2D eigenvalue weighted by Crippen LogP contribution is 2.32. The minimum Gasteiger partial charge on any atom is -0.273 e. The Bertz CT molecular complexity index is 783. The number of rotatable bonds is 7. The highest BCUT2D eigenvalue weighted by molar-refractivity contribution is 6.31. The van der Waals surface area contributed by atoms with E-state index in [-0.39, 0.29) is 27.8 Å². The molecule has 1 aliphatic heterocycles. The van der Waals surface area contributed by atoms with Crippen LogP contribution in [0.15, 0.2) is 46.2 Å². The van der Waals surface area contributed by atoms with Gasteiger partial charge in [-0.1, -0.05) is 32.0 Å². The molecule has 0 aromatic rings. The van der Waals surface area contributed by atoms with Crippen molar-refractivity contribution in [3.63, 3.8) is 0 Å². The molecule has 3 amide bonds. The topological polar surface area (TPSA) is 57.7 Å². The number of allylic oxidation sites excluding steroid dienone is 5. The van der Waals surface area contributed by atoms with E-state index >= 15 is 0 Å². The number of amides is 3. The van der Waals surface area contributed by atoms with Crippen molar-refractivity contribution in [2.24, 2.45) is 5.92 Å². The Kier molecular flexibility index (Phi) is 7.48. The lowest BCUT2D eigenvalue weighted by atomic mass is 10.0. The fourth-order valence-corrected chi connectivity index (χ4v) is 2.88. The van der Waals surface area contributed by atoms with Gasteiger partial charge in [-0.05, 0) is 38.3 Å². The third-order valence-electron chi connectivity index (χ3n) is 4.63. The van der Waals surface area contributed by atoms with Crippen molar-refractivity contribution in [1.82, 2.24) is 10.0 Å². The summed E-state index contributed by atoms with van der Waals surface area (Å²) in [6.07, 6.45) is 2.87. The van der Waals surface area contributed by atoms with Gasteiger partial charge in [0.05, 0.1) is 0 Å². The fraction of sp³-hybridized carbons (Fsp3) is 0.450. The average molecular weight is 415 g/mol. The minimum absolute atomic E-state index is 0.221. The molecule has 0 radical (unpaired) electrons. The third kappa shape index (κ3) is 4.76. The van der Waals surface area contributed by atoms with Crippen LogP contribution in [0.5, 0.6) is 0 Å². The van der Waals surface area contributed by atoms with E-state index in [2.05, 4.69) is 6.58 Å². The minimum atomic E-state index is -3.26. The van der Waals surface area contributed by atoms with E-state index in [9.17, 15) is 23.2 Å². The van der Waals surface area contributed by atoms with Crippen LogP contribution >= 0.6 is 11.6 Å². The van der Waals surface area contributed by atoms with Gasteiger partial charge in [0.15, 0.2) is 0 Å². The van der Waals surface area contributed by atoms with Crippen LogP contribution in [-0.2, 0) is 14.4 Å². The molecular formula is C20H25ClF2N2O3. The number of nitrogens with zero attached hydrogens (tertiary/aromatic N) is 2. The second-order valence-corrected chi connectivity index (χ2v) is 7.23. The molecule has 0 bridgehead atoms. The highest BCUT2D eigenvalue weighted by atomic mass is 35.5. The van der Waals surface area contributed by atoms with Gasteiger partial charge < -0.3 is 0 Å². The summed E-state index contributed by atoms with van der Waals surface area (Å²) in [5.41, 5.74) is 0.150. The lowest BCUT2D eigenvalue weighted by molar-refractivity contribution is -0.163. The van der Waals surface area contributed by atoms with E-state index in [0.717, 1.165) is 16.1 Å². The summed E-state index contributed by atoms with van der Waals surface area (Å²) < 4.78 is 27.6. The van der Waals surface area contributed by atoms with E-state index in [1.54, 1.807) is 6.92 Å². The SMILES string of the molecule is C=C(Cl)/C(=C\C=C(/C(C)CC)N(C(C)=O)N1C(=O)C(C)=C(C)C1=O)C(C)(F)F. The number of carbonyl (C=O) groups is 3. The molecule has 0 N–H and O–H groups in total. The average Bonchev–Trinajstić information content (AvgIpc) is 2.76. The summed E-state index contributed by atoms with van der Waals surface area (Å²) in [6.45, 7) is 11.8. The lowest BCUT2D eigenvalue weighted by Crippen LogP contribution is -2.50. The van der Waals surface area contributed by atoms with E-state index in [1.165, 1.54) is 26.8 Å². The maximum absolute atomic E-state index is 13.8. The first-order chi connectivity index (χ1) is 12.8. The summed E-state index contributed by atoms with van der Waals surface area (Å²) in [4.78, 5) is 37.5. The van der Waals surface area contributed by atoms with Crippen molar-refractivity contribution in [3.05, 3.63) is 46.2 Å². The molecule has 5 nitrogen and oxygen atoms in total. The van der Waals surface area contributed by atoms with Crippen LogP contribution < -0.4 is 0 Å². The molecule has 0 spiro atoms. The Balaban J connectivity index is 3.61. The van der Waals surface area contributed by atoms with Crippen molar-refractivity contribution < 1.29 is 23.2 Å². The summed E-state index contributed by atoms with van der Waals surface area (Å²) in [6, 6.07) is 0. The molecule has 1 unspecified atom stereocenters. The van der Waals surface area contributed by atoms with Crippen LogP contribution in [-0.4, -0.2) is 33.7 Å². The fourth-order valence-electron chi connectivity index (χ4n) is 2.65. The molecule has 1 heterocycles. The van der Waals surface area contributed by atoms with Crippen LogP contribution in [0, 0.1) is 5.92 Å². The summed E-state index contributed by atoms with van der Waals surface area (Å²) in [5.74, 6) is -5.43. The predicted molar refractivity (Wildman–Crippen MR) is 104 cm³/mol. The Labute approximate surface area is 169 Å². The van der Waals surface area contributed by atoms with Crippen molar-refractivity contribution in [3.8, 4) is 0 Å². The normalized spacial score (nSPS) is 17.4. The van der Waals surface area contributed by atoms with Crippen molar-refractivity contribution in [2.75, 3.05) is 0 Å². The van der Waals surface area contributed by atoms with Gasteiger partial charge >= 0.3 is 0 Å². The molecule has 28 heavy (non-hydrogen) atoms. The second-order valence-electron chi connectivity index (χ2n) is 6.78. The molecule has 0 aliphatic carbocycles. The van der Waals surface area contributed by atoms with E-state index < -0.39 is 29.2 Å². The van der Waals surface area contributed by atoms with Gasteiger partial charge in [0.25, 0.3) is 17.7 Å². The maximum atomic E-state index is 13.8. The molecule has 154 valence electrons. The third-order valence-corrected chi connectivity index (χ3v) is 4.84. The zero-order valence-corrected chi connectivity index (χ0v) is 17.7. The van der Waals surface area contributed by atoms with E-state index in [4.69, 9.17) is 11.6 Å². The molecule has 0 fully saturated rings. The maximum Gasteiger partial charge on any atom is 0.276 e. The number of alkyl halides is 2. The van der Waals surface area contributed by atoms with Crippen LogP contribution in [0.2, 0.25) is 0 Å². The first-order valence-corrected chi connectivity index (χ1v) is 9.15. The van der Waals surface area contributed by atoms with E-state index in [0.29, 0.717) is 13.3 Å². The van der Waals surface area contributed by atoms with Gasteiger partial charge in [-0.2, -0.15) is 5.01 Å². The number of hydrogen-bond acceptors (Lipinski definition) is 3. The first kappa shape index (κ1) is 23.8. The molecule has 1 aliphatic rings. The number of halogens is 3. The zero-order chi connectivity index (χ0) is 22.0. The van der Waals surface area contributed by atoms with Gasteiger partial charge in [-0.3, -0.25) is 14.4 Å². The lowest BCUT2D eigenvalue weighted by Gasteiger charge is -2.34. The first-order valence-electron chi connectivity index (χ1n) is 8.77. The monoisotopic (exact) mass is 414 g/mol. The van der Waals surface area contributed by atoms with Crippen LogP contribution in [0.3, 0.4) is 0 Å². The second kappa shape index (κ2) is 8.82. The Morgan fingerprint density at radius 1 is 1.25 bits per heavy atom. The summed E-state index contributed by atoms with van der Waals surface area (Å²) in [5, 5.41) is 1.35.